The van der Waals surface area contributed by atoms with E-state index in [4.69, 9.17) is 0 Å². The number of hydrogen-bond donors (Lipinski definition) is 1. The molecule has 0 spiro atoms. The first kappa shape index (κ1) is 13.6. The summed E-state index contributed by atoms with van der Waals surface area (Å²) in [5.74, 6) is 0. The van der Waals surface area contributed by atoms with E-state index in [0.29, 0.717) is 6.04 Å². The molecule has 1 aromatic heterocycles. The first-order chi connectivity index (χ1) is 8.78. The highest BCUT2D eigenvalue weighted by Crippen LogP contribution is 2.12. The van der Waals surface area contributed by atoms with E-state index in [2.05, 4.69) is 47.2 Å². The molecule has 2 rings (SSSR count). The number of piperidine rings is 1. The van der Waals surface area contributed by atoms with Crippen molar-refractivity contribution in [1.29, 1.82) is 0 Å². The highest BCUT2D eigenvalue weighted by molar-refractivity contribution is 5.09. The SMILES string of the molecule is CCCCN1CCC(NCc2ccn(C)c2)CC1. The Balaban J connectivity index is 1.64. The molecule has 1 N–H and O–H groups in total. The van der Waals surface area contributed by atoms with Gasteiger partial charge in [0.05, 0.1) is 0 Å². The van der Waals surface area contributed by atoms with Crippen molar-refractivity contribution in [3.05, 3.63) is 24.0 Å². The molecule has 1 aromatic rings. The molecule has 1 saturated heterocycles. The molecule has 0 atom stereocenters. The quantitative estimate of drug-likeness (QED) is 0.835. The number of aryl methyl sites for hydroxylation is 1. The summed E-state index contributed by atoms with van der Waals surface area (Å²) in [7, 11) is 2.08. The molecule has 0 saturated carbocycles. The zero-order valence-electron chi connectivity index (χ0n) is 11.9. The lowest BCUT2D eigenvalue weighted by molar-refractivity contribution is 0.195. The molecule has 0 bridgehead atoms. The fourth-order valence-electron chi connectivity index (χ4n) is 2.67. The number of rotatable bonds is 6. The van der Waals surface area contributed by atoms with Crippen LogP contribution in [0.25, 0.3) is 0 Å². The second-order valence-corrected chi connectivity index (χ2v) is 5.54. The van der Waals surface area contributed by atoms with Crippen molar-refractivity contribution >= 4 is 0 Å². The van der Waals surface area contributed by atoms with Crippen molar-refractivity contribution in [2.24, 2.45) is 7.05 Å². The third-order valence-electron chi connectivity index (χ3n) is 3.90. The first-order valence-electron chi connectivity index (χ1n) is 7.34. The molecule has 0 radical (unpaired) electrons. The lowest BCUT2D eigenvalue weighted by atomic mass is 10.0. The summed E-state index contributed by atoms with van der Waals surface area (Å²) in [6, 6.07) is 2.91. The van der Waals surface area contributed by atoms with Gasteiger partial charge in [-0.25, -0.2) is 0 Å². The van der Waals surface area contributed by atoms with Crippen molar-refractivity contribution in [2.75, 3.05) is 19.6 Å². The molecule has 0 unspecified atom stereocenters. The number of likely N-dealkylation sites (tertiary alicyclic amines) is 1. The molecule has 0 aliphatic carbocycles. The Bertz CT molecular complexity index is 337. The average molecular weight is 249 g/mol. The van der Waals surface area contributed by atoms with Crippen LogP contribution in [0.15, 0.2) is 18.5 Å². The van der Waals surface area contributed by atoms with Crippen LogP contribution in [-0.4, -0.2) is 35.1 Å². The molecule has 2 heterocycles. The van der Waals surface area contributed by atoms with E-state index in [1.165, 1.54) is 50.9 Å². The fraction of sp³-hybridized carbons (Fsp3) is 0.733. The van der Waals surface area contributed by atoms with Crippen molar-refractivity contribution in [3.8, 4) is 0 Å². The van der Waals surface area contributed by atoms with Crippen LogP contribution in [0.5, 0.6) is 0 Å². The highest BCUT2D eigenvalue weighted by Gasteiger charge is 2.17. The average Bonchev–Trinajstić information content (AvgIpc) is 2.81. The van der Waals surface area contributed by atoms with E-state index in [9.17, 15) is 0 Å². The van der Waals surface area contributed by atoms with Gasteiger partial charge in [-0.05, 0) is 50.5 Å². The Hall–Kier alpha value is -0.800. The number of nitrogens with one attached hydrogen (secondary N) is 1. The highest BCUT2D eigenvalue weighted by atomic mass is 15.1. The van der Waals surface area contributed by atoms with Crippen LogP contribution in [0.3, 0.4) is 0 Å². The van der Waals surface area contributed by atoms with Crippen LogP contribution in [0.4, 0.5) is 0 Å². The van der Waals surface area contributed by atoms with Gasteiger partial charge in [-0.15, -0.1) is 0 Å². The number of unbranched alkanes of at least 4 members (excludes halogenated alkanes) is 1. The monoisotopic (exact) mass is 249 g/mol. The summed E-state index contributed by atoms with van der Waals surface area (Å²) in [6.45, 7) is 7.12. The molecule has 18 heavy (non-hydrogen) atoms. The van der Waals surface area contributed by atoms with Crippen LogP contribution in [0.2, 0.25) is 0 Å². The van der Waals surface area contributed by atoms with Gasteiger partial charge >= 0.3 is 0 Å². The van der Waals surface area contributed by atoms with Crippen LogP contribution in [0.1, 0.15) is 38.2 Å². The number of hydrogen-bond acceptors (Lipinski definition) is 2. The molecule has 1 fully saturated rings. The predicted molar refractivity (Wildman–Crippen MR) is 76.6 cm³/mol. The molecule has 0 amide bonds. The molecule has 3 nitrogen and oxygen atoms in total. The van der Waals surface area contributed by atoms with Gasteiger partial charge in [-0.2, -0.15) is 0 Å². The van der Waals surface area contributed by atoms with Crippen LogP contribution in [0, 0.1) is 0 Å². The van der Waals surface area contributed by atoms with E-state index in [1.54, 1.807) is 0 Å². The summed E-state index contributed by atoms with van der Waals surface area (Å²) in [5.41, 5.74) is 1.39. The lowest BCUT2D eigenvalue weighted by Gasteiger charge is -2.32. The Morgan fingerprint density at radius 1 is 1.33 bits per heavy atom. The summed E-state index contributed by atoms with van der Waals surface area (Å²) in [4.78, 5) is 2.62. The summed E-state index contributed by atoms with van der Waals surface area (Å²) < 4.78 is 2.12. The Morgan fingerprint density at radius 2 is 2.11 bits per heavy atom. The lowest BCUT2D eigenvalue weighted by Crippen LogP contribution is -2.42. The van der Waals surface area contributed by atoms with E-state index < -0.39 is 0 Å². The summed E-state index contributed by atoms with van der Waals surface area (Å²) >= 11 is 0. The smallest absolute Gasteiger partial charge is 0.0223 e. The van der Waals surface area contributed by atoms with Crippen LogP contribution < -0.4 is 5.32 Å². The van der Waals surface area contributed by atoms with Crippen LogP contribution >= 0.6 is 0 Å². The maximum atomic E-state index is 3.69. The predicted octanol–water partition coefficient (Wildman–Crippen LogP) is 2.38. The molecule has 1 aliphatic rings. The largest absolute Gasteiger partial charge is 0.357 e. The number of aromatic nitrogens is 1. The zero-order valence-corrected chi connectivity index (χ0v) is 11.9. The third-order valence-corrected chi connectivity index (χ3v) is 3.90. The molecule has 102 valence electrons. The molecule has 1 aliphatic heterocycles. The maximum absolute atomic E-state index is 3.69. The third kappa shape index (κ3) is 4.14. The minimum absolute atomic E-state index is 0.711. The molecular weight excluding hydrogens is 222 g/mol. The van der Waals surface area contributed by atoms with E-state index in [0.717, 1.165) is 6.54 Å². The molecular formula is C15H27N3. The Kier molecular flexibility index (Phi) is 5.26. The fourth-order valence-corrected chi connectivity index (χ4v) is 2.67. The Labute approximate surface area is 111 Å². The topological polar surface area (TPSA) is 20.2 Å². The van der Waals surface area contributed by atoms with E-state index >= 15 is 0 Å². The molecule has 3 heteroatoms. The Morgan fingerprint density at radius 3 is 2.72 bits per heavy atom. The van der Waals surface area contributed by atoms with Crippen molar-refractivity contribution < 1.29 is 0 Å². The zero-order chi connectivity index (χ0) is 12.8. The molecule has 0 aromatic carbocycles. The first-order valence-corrected chi connectivity index (χ1v) is 7.34. The van der Waals surface area contributed by atoms with Gasteiger partial charge in [0.1, 0.15) is 0 Å². The van der Waals surface area contributed by atoms with E-state index in [-0.39, 0.29) is 0 Å². The van der Waals surface area contributed by atoms with Crippen molar-refractivity contribution in [1.82, 2.24) is 14.8 Å². The van der Waals surface area contributed by atoms with Gasteiger partial charge in [0.25, 0.3) is 0 Å². The van der Waals surface area contributed by atoms with Gasteiger partial charge < -0.3 is 14.8 Å². The van der Waals surface area contributed by atoms with Crippen molar-refractivity contribution in [2.45, 2.75) is 45.2 Å². The second-order valence-electron chi connectivity index (χ2n) is 5.54. The van der Waals surface area contributed by atoms with Crippen molar-refractivity contribution in [3.63, 3.8) is 0 Å². The van der Waals surface area contributed by atoms with Gasteiger partial charge in [0.2, 0.25) is 0 Å². The standard InChI is InChI=1S/C15H27N3/c1-3-4-8-18-10-6-15(7-11-18)16-12-14-5-9-17(2)13-14/h5,9,13,15-16H,3-4,6-8,10-12H2,1-2H3. The maximum Gasteiger partial charge on any atom is 0.0223 e. The number of nitrogens with zero attached hydrogens (tertiary/aromatic N) is 2. The van der Waals surface area contributed by atoms with Gasteiger partial charge in [0, 0.05) is 32.0 Å². The normalized spacial score (nSPS) is 18.3. The summed E-state index contributed by atoms with van der Waals surface area (Å²) in [5, 5.41) is 3.69. The van der Waals surface area contributed by atoms with Gasteiger partial charge in [-0.1, -0.05) is 13.3 Å². The second kappa shape index (κ2) is 6.95. The van der Waals surface area contributed by atoms with Gasteiger partial charge in [0.15, 0.2) is 0 Å². The van der Waals surface area contributed by atoms with Gasteiger partial charge in [-0.3, -0.25) is 0 Å². The minimum Gasteiger partial charge on any atom is -0.357 e. The van der Waals surface area contributed by atoms with E-state index in [1.807, 2.05) is 0 Å². The van der Waals surface area contributed by atoms with Crippen LogP contribution in [-0.2, 0) is 13.6 Å². The minimum atomic E-state index is 0.711. The summed E-state index contributed by atoms with van der Waals surface area (Å²) in [6.07, 6.45) is 9.58.